The van der Waals surface area contributed by atoms with Crippen LogP contribution in [0.1, 0.15) is 23.2 Å². The zero-order valence-corrected chi connectivity index (χ0v) is 16.8. The van der Waals surface area contributed by atoms with Gasteiger partial charge in [-0.25, -0.2) is 0 Å². The molecule has 1 aromatic heterocycles. The van der Waals surface area contributed by atoms with E-state index in [1.807, 2.05) is 30.3 Å². The first-order valence-corrected chi connectivity index (χ1v) is 10.1. The summed E-state index contributed by atoms with van der Waals surface area (Å²) in [5.74, 6) is 0. The maximum Gasteiger partial charge on any atom is 0.417 e. The summed E-state index contributed by atoms with van der Waals surface area (Å²) in [5, 5.41) is 3.14. The van der Waals surface area contributed by atoms with Crippen molar-refractivity contribution in [2.24, 2.45) is 0 Å². The predicted octanol–water partition coefficient (Wildman–Crippen LogP) is 6.41. The van der Waals surface area contributed by atoms with E-state index in [0.717, 1.165) is 28.5 Å². The summed E-state index contributed by atoms with van der Waals surface area (Å²) in [6.07, 6.45) is 0.579. The largest absolute Gasteiger partial charge is 0.417 e. The highest BCUT2D eigenvalue weighted by Crippen LogP contribution is 2.37. The summed E-state index contributed by atoms with van der Waals surface area (Å²) in [4.78, 5) is 4.49. The van der Waals surface area contributed by atoms with E-state index in [1.165, 1.54) is 6.07 Å². The minimum Gasteiger partial charge on any atom is -0.310 e. The maximum absolute atomic E-state index is 13.2. The first-order chi connectivity index (χ1) is 14.4. The van der Waals surface area contributed by atoms with Crippen LogP contribution in [-0.4, -0.2) is 17.6 Å². The monoisotopic (exact) mass is 428 g/mol. The van der Waals surface area contributed by atoms with E-state index >= 15 is 0 Å². The molecule has 154 valence electrons. The number of hydrogen-bond donors (Lipinski definition) is 1. The van der Waals surface area contributed by atoms with Gasteiger partial charge in [-0.05, 0) is 52.9 Å². The summed E-state index contributed by atoms with van der Waals surface area (Å²) >= 11 is 5.76. The topological polar surface area (TPSA) is 24.9 Å². The van der Waals surface area contributed by atoms with E-state index in [4.69, 9.17) is 11.6 Å². The fraction of sp³-hybridized carbons (Fsp3) is 0.208. The van der Waals surface area contributed by atoms with Gasteiger partial charge in [0.25, 0.3) is 0 Å². The maximum atomic E-state index is 13.2. The average molecular weight is 429 g/mol. The lowest BCUT2D eigenvalue weighted by molar-refractivity contribution is -0.137. The van der Waals surface area contributed by atoms with Crippen LogP contribution in [0, 0.1) is 0 Å². The summed E-state index contributed by atoms with van der Waals surface area (Å²) in [6.45, 7) is 0.600. The first kappa shape index (κ1) is 20.6. The standard InChI is InChI=1S/C24H20ClF3N2/c25-23-7-6-17(14-22(23)24(26,27)28)19-9-11-30-21(13-19)15-20-12-18(8-10-29-20)16-4-2-1-3-5-16/h1-10,12,14,21,30H,11,13,15H2. The second-order valence-corrected chi connectivity index (χ2v) is 7.74. The zero-order valence-electron chi connectivity index (χ0n) is 16.1. The lowest BCUT2D eigenvalue weighted by Gasteiger charge is -2.25. The zero-order chi connectivity index (χ0) is 21.1. The Morgan fingerprint density at radius 1 is 0.967 bits per heavy atom. The molecule has 4 rings (SSSR count). The summed E-state index contributed by atoms with van der Waals surface area (Å²) in [7, 11) is 0. The molecule has 1 unspecified atom stereocenters. The normalized spacial score (nSPS) is 16.9. The van der Waals surface area contributed by atoms with Gasteiger partial charge in [-0.3, -0.25) is 4.98 Å². The van der Waals surface area contributed by atoms with Gasteiger partial charge in [0.15, 0.2) is 0 Å². The second kappa shape index (κ2) is 8.62. The van der Waals surface area contributed by atoms with Crippen LogP contribution < -0.4 is 5.32 Å². The molecule has 2 aromatic carbocycles. The first-order valence-electron chi connectivity index (χ1n) is 9.70. The molecule has 1 atom stereocenters. The molecule has 0 saturated heterocycles. The Bertz CT molecular complexity index is 1060. The van der Waals surface area contributed by atoms with Gasteiger partial charge < -0.3 is 5.32 Å². The van der Waals surface area contributed by atoms with E-state index < -0.39 is 11.7 Å². The van der Waals surface area contributed by atoms with Crippen molar-refractivity contribution in [3.05, 3.63) is 94.8 Å². The summed E-state index contributed by atoms with van der Waals surface area (Å²) < 4.78 is 39.6. The molecule has 0 amide bonds. The lowest BCUT2D eigenvalue weighted by Crippen LogP contribution is -2.35. The number of benzene rings is 2. The number of rotatable bonds is 4. The molecule has 6 heteroatoms. The molecule has 1 aliphatic rings. The number of pyridine rings is 1. The van der Waals surface area contributed by atoms with Gasteiger partial charge >= 0.3 is 6.18 Å². The van der Waals surface area contributed by atoms with Gasteiger partial charge in [0.1, 0.15) is 0 Å². The minimum absolute atomic E-state index is 0.0912. The highest BCUT2D eigenvalue weighted by Gasteiger charge is 2.33. The van der Waals surface area contributed by atoms with Gasteiger partial charge in [0, 0.05) is 30.9 Å². The van der Waals surface area contributed by atoms with Crippen molar-refractivity contribution in [3.8, 4) is 11.1 Å². The fourth-order valence-corrected chi connectivity index (χ4v) is 3.97. The number of nitrogens with zero attached hydrogens (tertiary/aromatic N) is 1. The molecule has 1 aliphatic heterocycles. The molecule has 2 heterocycles. The molecule has 0 fully saturated rings. The highest BCUT2D eigenvalue weighted by molar-refractivity contribution is 6.31. The van der Waals surface area contributed by atoms with E-state index in [-0.39, 0.29) is 11.1 Å². The Morgan fingerprint density at radius 3 is 2.53 bits per heavy atom. The molecule has 30 heavy (non-hydrogen) atoms. The molecule has 2 nitrogen and oxygen atoms in total. The van der Waals surface area contributed by atoms with E-state index in [1.54, 1.807) is 12.3 Å². The Morgan fingerprint density at radius 2 is 1.77 bits per heavy atom. The fourth-order valence-electron chi connectivity index (χ4n) is 3.74. The number of alkyl halides is 3. The molecular weight excluding hydrogens is 409 g/mol. The van der Waals surface area contributed by atoms with Gasteiger partial charge in [-0.1, -0.05) is 54.1 Å². The Kier molecular flexibility index (Phi) is 5.93. The van der Waals surface area contributed by atoms with Crippen molar-refractivity contribution in [1.29, 1.82) is 0 Å². The minimum atomic E-state index is -4.47. The smallest absolute Gasteiger partial charge is 0.310 e. The van der Waals surface area contributed by atoms with Crippen LogP contribution in [0.2, 0.25) is 5.02 Å². The molecule has 0 radical (unpaired) electrons. The number of halogens is 4. The highest BCUT2D eigenvalue weighted by atomic mass is 35.5. The van der Waals surface area contributed by atoms with Gasteiger partial charge in [0.05, 0.1) is 10.6 Å². The molecular formula is C24H20ClF3N2. The number of aromatic nitrogens is 1. The third-order valence-corrected chi connectivity index (χ3v) is 5.57. The summed E-state index contributed by atoms with van der Waals surface area (Å²) in [5.41, 5.74) is 3.82. The average Bonchev–Trinajstić information content (AvgIpc) is 2.74. The quantitative estimate of drug-likeness (QED) is 0.519. The Labute approximate surface area is 178 Å². The predicted molar refractivity (Wildman–Crippen MR) is 114 cm³/mol. The van der Waals surface area contributed by atoms with Gasteiger partial charge in [0.2, 0.25) is 0 Å². The Hall–Kier alpha value is -2.63. The SMILES string of the molecule is FC(F)(F)c1cc(C2=CCNC(Cc3cc(-c4ccccc4)ccn3)C2)ccc1Cl. The van der Waals surface area contributed by atoms with Gasteiger partial charge in [-0.15, -0.1) is 0 Å². The van der Waals surface area contributed by atoms with E-state index in [0.29, 0.717) is 24.9 Å². The molecule has 0 saturated carbocycles. The molecule has 0 bridgehead atoms. The van der Waals surface area contributed by atoms with Crippen molar-refractivity contribution in [2.75, 3.05) is 6.54 Å². The number of nitrogens with one attached hydrogen (secondary N) is 1. The second-order valence-electron chi connectivity index (χ2n) is 7.34. The van der Waals surface area contributed by atoms with Crippen molar-refractivity contribution in [3.63, 3.8) is 0 Å². The summed E-state index contributed by atoms with van der Waals surface area (Å²) in [6, 6.07) is 18.3. The van der Waals surface area contributed by atoms with Crippen LogP contribution in [0.3, 0.4) is 0 Å². The lowest BCUT2D eigenvalue weighted by atomic mass is 9.91. The molecule has 1 N–H and O–H groups in total. The van der Waals surface area contributed by atoms with E-state index in [9.17, 15) is 13.2 Å². The van der Waals surface area contributed by atoms with Gasteiger partial charge in [-0.2, -0.15) is 13.2 Å². The van der Waals surface area contributed by atoms with E-state index in [2.05, 4.69) is 28.5 Å². The molecule has 0 aliphatic carbocycles. The molecule has 3 aromatic rings. The van der Waals surface area contributed by atoms with Crippen LogP contribution >= 0.6 is 11.6 Å². The molecule has 0 spiro atoms. The van der Waals surface area contributed by atoms with Crippen LogP contribution in [0.15, 0.2) is 72.9 Å². The Balaban J connectivity index is 1.51. The van der Waals surface area contributed by atoms with Crippen LogP contribution in [0.5, 0.6) is 0 Å². The van der Waals surface area contributed by atoms with Crippen LogP contribution in [0.4, 0.5) is 13.2 Å². The van der Waals surface area contributed by atoms with Crippen molar-refractivity contribution >= 4 is 17.2 Å². The van der Waals surface area contributed by atoms with Crippen LogP contribution in [-0.2, 0) is 12.6 Å². The van der Waals surface area contributed by atoms with Crippen LogP contribution in [0.25, 0.3) is 16.7 Å². The number of hydrogen-bond acceptors (Lipinski definition) is 2. The van der Waals surface area contributed by atoms with Crippen molar-refractivity contribution in [2.45, 2.75) is 25.1 Å². The van der Waals surface area contributed by atoms with Crippen molar-refractivity contribution < 1.29 is 13.2 Å². The third-order valence-electron chi connectivity index (χ3n) is 5.24. The van der Waals surface area contributed by atoms with Crippen molar-refractivity contribution in [1.82, 2.24) is 10.3 Å². The third kappa shape index (κ3) is 4.74.